The molecule has 1 aromatic rings. The highest BCUT2D eigenvalue weighted by atomic mass is 79.9. The predicted octanol–water partition coefficient (Wildman–Crippen LogP) is 3.59. The highest BCUT2D eigenvalue weighted by Gasteiger charge is 2.00. The van der Waals surface area contributed by atoms with Crippen LogP contribution >= 0.6 is 15.9 Å². The van der Waals surface area contributed by atoms with Crippen LogP contribution in [0, 0.1) is 0 Å². The van der Waals surface area contributed by atoms with Gasteiger partial charge in [-0.2, -0.15) is 0 Å². The number of carbonyl (C=O) groups excluding carboxylic acids is 1. The van der Waals surface area contributed by atoms with Crippen molar-refractivity contribution in [3.8, 4) is 5.75 Å². The van der Waals surface area contributed by atoms with Gasteiger partial charge in [-0.1, -0.05) is 19.1 Å². The first kappa shape index (κ1) is 12.2. The van der Waals surface area contributed by atoms with Gasteiger partial charge < -0.3 is 4.74 Å². The molecule has 0 aliphatic carbocycles. The maximum absolute atomic E-state index is 11.0. The van der Waals surface area contributed by atoms with E-state index >= 15 is 0 Å². The van der Waals surface area contributed by atoms with Crippen molar-refractivity contribution in [2.75, 3.05) is 6.61 Å². The molecular weight excluding hydrogens is 256 g/mol. The van der Waals surface area contributed by atoms with Gasteiger partial charge in [0.05, 0.1) is 11.1 Å². The van der Waals surface area contributed by atoms with Crippen molar-refractivity contribution in [3.63, 3.8) is 0 Å². The molecule has 15 heavy (non-hydrogen) atoms. The van der Waals surface area contributed by atoms with E-state index in [9.17, 15) is 4.79 Å². The minimum absolute atomic E-state index is 0.297. The Balaban J connectivity index is 2.26. The average molecular weight is 271 g/mol. The molecule has 0 fully saturated rings. The van der Waals surface area contributed by atoms with Crippen molar-refractivity contribution < 1.29 is 9.53 Å². The second kappa shape index (κ2) is 6.62. The van der Waals surface area contributed by atoms with E-state index in [0.29, 0.717) is 25.2 Å². The first-order valence-electron chi connectivity index (χ1n) is 5.13. The van der Waals surface area contributed by atoms with Crippen molar-refractivity contribution in [1.82, 2.24) is 0 Å². The Morgan fingerprint density at radius 2 is 2.13 bits per heavy atom. The highest BCUT2D eigenvalue weighted by molar-refractivity contribution is 9.10. The number of ether oxygens (including phenoxy) is 1. The third-order valence-corrected chi connectivity index (χ3v) is 2.74. The standard InChI is InChI=1S/C12H15BrO2/c1-2-10(14)6-5-9-15-12-8-4-3-7-11(12)13/h3-4,7-8H,2,5-6,9H2,1H3. The molecule has 1 rings (SSSR count). The zero-order chi connectivity index (χ0) is 11.1. The Hall–Kier alpha value is -0.830. The lowest BCUT2D eigenvalue weighted by Gasteiger charge is -2.06. The topological polar surface area (TPSA) is 26.3 Å². The van der Waals surface area contributed by atoms with Crippen molar-refractivity contribution in [2.45, 2.75) is 26.2 Å². The highest BCUT2D eigenvalue weighted by Crippen LogP contribution is 2.23. The van der Waals surface area contributed by atoms with E-state index in [4.69, 9.17) is 4.74 Å². The number of hydrogen-bond acceptors (Lipinski definition) is 2. The molecule has 0 aliphatic rings. The Morgan fingerprint density at radius 3 is 2.80 bits per heavy atom. The van der Waals surface area contributed by atoms with Gasteiger partial charge in [-0.3, -0.25) is 4.79 Å². The third kappa shape index (κ3) is 4.47. The smallest absolute Gasteiger partial charge is 0.133 e. The Morgan fingerprint density at radius 1 is 1.40 bits per heavy atom. The van der Waals surface area contributed by atoms with Crippen LogP contribution in [0.1, 0.15) is 26.2 Å². The molecule has 1 aromatic carbocycles. The lowest BCUT2D eigenvalue weighted by Crippen LogP contribution is -2.02. The molecule has 0 aromatic heterocycles. The maximum atomic E-state index is 11.0. The lowest BCUT2D eigenvalue weighted by atomic mass is 10.2. The fourth-order valence-corrected chi connectivity index (χ4v) is 1.59. The number of rotatable bonds is 6. The summed E-state index contributed by atoms with van der Waals surface area (Å²) >= 11 is 3.40. The van der Waals surface area contributed by atoms with Crippen LogP contribution in [0.2, 0.25) is 0 Å². The molecule has 0 heterocycles. The van der Waals surface area contributed by atoms with Crippen molar-refractivity contribution in [1.29, 1.82) is 0 Å². The average Bonchev–Trinajstić information content (AvgIpc) is 2.26. The van der Waals surface area contributed by atoms with Gasteiger partial charge in [-0.15, -0.1) is 0 Å². The number of para-hydroxylation sites is 1. The largest absolute Gasteiger partial charge is 0.492 e. The zero-order valence-electron chi connectivity index (χ0n) is 8.83. The molecular formula is C12H15BrO2. The van der Waals surface area contributed by atoms with E-state index in [1.54, 1.807) is 0 Å². The molecule has 0 bridgehead atoms. The summed E-state index contributed by atoms with van der Waals surface area (Å²) in [6, 6.07) is 7.72. The number of ketones is 1. The Labute approximate surface area is 98.8 Å². The Bertz CT molecular complexity index is 323. The van der Waals surface area contributed by atoms with Crippen LogP contribution in [0.15, 0.2) is 28.7 Å². The molecule has 3 heteroatoms. The first-order chi connectivity index (χ1) is 7.24. The zero-order valence-corrected chi connectivity index (χ0v) is 10.4. The van der Waals surface area contributed by atoms with Crippen LogP contribution in [-0.4, -0.2) is 12.4 Å². The fourth-order valence-electron chi connectivity index (χ4n) is 1.19. The summed E-state index contributed by atoms with van der Waals surface area (Å²) in [4.78, 5) is 11.0. The monoisotopic (exact) mass is 270 g/mol. The van der Waals surface area contributed by atoms with Gasteiger partial charge >= 0.3 is 0 Å². The number of Topliss-reactive ketones (excluding diaryl/α,β-unsaturated/α-hetero) is 1. The molecule has 0 saturated heterocycles. The van der Waals surface area contributed by atoms with Crippen LogP contribution in [-0.2, 0) is 4.79 Å². The molecule has 0 aliphatic heterocycles. The second-order valence-corrected chi connectivity index (χ2v) is 4.13. The van der Waals surface area contributed by atoms with E-state index in [1.165, 1.54) is 0 Å². The van der Waals surface area contributed by atoms with E-state index < -0.39 is 0 Å². The normalized spacial score (nSPS) is 10.0. The van der Waals surface area contributed by atoms with Crippen molar-refractivity contribution in [2.24, 2.45) is 0 Å². The van der Waals surface area contributed by atoms with Gasteiger partial charge in [0.2, 0.25) is 0 Å². The minimum atomic E-state index is 0.297. The summed E-state index contributed by atoms with van der Waals surface area (Å²) in [6.45, 7) is 2.48. The molecule has 0 radical (unpaired) electrons. The van der Waals surface area contributed by atoms with Crippen molar-refractivity contribution in [3.05, 3.63) is 28.7 Å². The van der Waals surface area contributed by atoms with E-state index in [-0.39, 0.29) is 0 Å². The third-order valence-electron chi connectivity index (χ3n) is 2.09. The van der Waals surface area contributed by atoms with Gasteiger partial charge in [0.15, 0.2) is 0 Å². The summed E-state index contributed by atoms with van der Waals surface area (Å²) in [5, 5.41) is 0. The number of benzene rings is 1. The molecule has 0 atom stereocenters. The summed E-state index contributed by atoms with van der Waals surface area (Å²) in [5.41, 5.74) is 0. The van der Waals surface area contributed by atoms with Gasteiger partial charge in [-0.05, 0) is 34.5 Å². The number of halogens is 1. The molecule has 0 spiro atoms. The quantitative estimate of drug-likeness (QED) is 0.739. The van der Waals surface area contributed by atoms with Crippen LogP contribution in [0.4, 0.5) is 0 Å². The van der Waals surface area contributed by atoms with Gasteiger partial charge in [0, 0.05) is 12.8 Å². The van der Waals surface area contributed by atoms with E-state index in [0.717, 1.165) is 16.6 Å². The van der Waals surface area contributed by atoms with Crippen LogP contribution in [0.25, 0.3) is 0 Å². The lowest BCUT2D eigenvalue weighted by molar-refractivity contribution is -0.118. The van der Waals surface area contributed by atoms with Crippen LogP contribution < -0.4 is 4.74 Å². The van der Waals surface area contributed by atoms with Crippen LogP contribution in [0.5, 0.6) is 5.75 Å². The van der Waals surface area contributed by atoms with Gasteiger partial charge in [-0.25, -0.2) is 0 Å². The predicted molar refractivity (Wildman–Crippen MR) is 64.2 cm³/mol. The molecule has 0 N–H and O–H groups in total. The van der Waals surface area contributed by atoms with E-state index in [1.807, 2.05) is 31.2 Å². The SMILES string of the molecule is CCC(=O)CCCOc1ccccc1Br. The molecule has 0 amide bonds. The van der Waals surface area contributed by atoms with Crippen molar-refractivity contribution >= 4 is 21.7 Å². The van der Waals surface area contributed by atoms with Crippen LogP contribution in [0.3, 0.4) is 0 Å². The number of carbonyl (C=O) groups is 1. The maximum Gasteiger partial charge on any atom is 0.133 e. The summed E-state index contributed by atoms with van der Waals surface area (Å²) < 4.78 is 6.48. The molecule has 2 nitrogen and oxygen atoms in total. The van der Waals surface area contributed by atoms with Gasteiger partial charge in [0.1, 0.15) is 11.5 Å². The summed E-state index contributed by atoms with van der Waals surface area (Å²) in [5.74, 6) is 1.13. The molecule has 0 saturated carbocycles. The van der Waals surface area contributed by atoms with E-state index in [2.05, 4.69) is 15.9 Å². The van der Waals surface area contributed by atoms with Gasteiger partial charge in [0.25, 0.3) is 0 Å². The molecule has 0 unspecified atom stereocenters. The molecule has 82 valence electrons. The summed E-state index contributed by atoms with van der Waals surface area (Å²) in [6.07, 6.45) is 2.02. The first-order valence-corrected chi connectivity index (χ1v) is 5.92. The fraction of sp³-hybridized carbons (Fsp3) is 0.417. The summed E-state index contributed by atoms with van der Waals surface area (Å²) in [7, 11) is 0. The second-order valence-electron chi connectivity index (χ2n) is 3.27. The number of hydrogen-bond donors (Lipinski definition) is 0. The minimum Gasteiger partial charge on any atom is -0.492 e. The Kier molecular flexibility index (Phi) is 5.40.